The van der Waals surface area contributed by atoms with Crippen LogP contribution in [0.2, 0.25) is 0 Å². The Morgan fingerprint density at radius 3 is 2.92 bits per heavy atom. The molecule has 1 atom stereocenters. The SMILES string of the molecule is CC(O)NN1N=C(Cl)C=C(Cl)N1. The van der Waals surface area contributed by atoms with Crippen molar-refractivity contribution in [3.8, 4) is 0 Å². The van der Waals surface area contributed by atoms with Crippen LogP contribution >= 0.6 is 23.2 Å². The van der Waals surface area contributed by atoms with Crippen molar-refractivity contribution in [1.29, 1.82) is 0 Å². The number of aliphatic hydroxyl groups excluding tert-OH is 1. The first-order chi connectivity index (χ1) is 5.58. The molecule has 0 radical (unpaired) electrons. The summed E-state index contributed by atoms with van der Waals surface area (Å²) >= 11 is 11.2. The standard InChI is InChI=1S/C5H8Cl2N4O/c1-3(12)8-11-9-4(6)2-5(7)10-11/h2-3,8-9,12H,1H3. The summed E-state index contributed by atoms with van der Waals surface area (Å²) in [5.74, 6) is 0. The zero-order valence-electron chi connectivity index (χ0n) is 6.25. The molecule has 1 unspecified atom stereocenters. The van der Waals surface area contributed by atoms with Crippen LogP contribution < -0.4 is 10.9 Å². The number of aliphatic hydroxyl groups is 1. The highest BCUT2D eigenvalue weighted by molar-refractivity contribution is 6.69. The van der Waals surface area contributed by atoms with Gasteiger partial charge in [0.25, 0.3) is 0 Å². The number of hydrogen-bond acceptors (Lipinski definition) is 5. The van der Waals surface area contributed by atoms with Crippen LogP contribution in [0.15, 0.2) is 16.3 Å². The predicted molar refractivity (Wildman–Crippen MR) is 47.0 cm³/mol. The fourth-order valence-corrected chi connectivity index (χ4v) is 1.05. The van der Waals surface area contributed by atoms with Gasteiger partial charge in [0.1, 0.15) is 11.4 Å². The molecule has 7 heteroatoms. The molecule has 0 amide bonds. The van der Waals surface area contributed by atoms with Gasteiger partial charge in [0.05, 0.1) is 0 Å². The molecule has 0 saturated heterocycles. The van der Waals surface area contributed by atoms with Crippen molar-refractivity contribution in [2.75, 3.05) is 0 Å². The Balaban J connectivity index is 2.55. The summed E-state index contributed by atoms with van der Waals surface area (Å²) in [5.41, 5.74) is 5.12. The Bertz CT molecular complexity index is 227. The number of hydrazone groups is 1. The molecule has 0 saturated carbocycles. The highest BCUT2D eigenvalue weighted by Gasteiger charge is 2.10. The minimum absolute atomic E-state index is 0.229. The van der Waals surface area contributed by atoms with Crippen LogP contribution in [-0.4, -0.2) is 21.7 Å². The predicted octanol–water partition coefficient (Wildman–Crippen LogP) is 0.282. The van der Waals surface area contributed by atoms with Crippen molar-refractivity contribution < 1.29 is 5.11 Å². The van der Waals surface area contributed by atoms with E-state index in [-0.39, 0.29) is 5.17 Å². The first-order valence-corrected chi connectivity index (χ1v) is 3.96. The summed E-state index contributed by atoms with van der Waals surface area (Å²) < 4.78 is 0. The molecule has 0 fully saturated rings. The van der Waals surface area contributed by atoms with Gasteiger partial charge in [-0.15, -0.1) is 10.3 Å². The first kappa shape index (κ1) is 9.60. The van der Waals surface area contributed by atoms with E-state index < -0.39 is 6.23 Å². The quantitative estimate of drug-likeness (QED) is 0.453. The topological polar surface area (TPSA) is 59.9 Å². The van der Waals surface area contributed by atoms with E-state index in [2.05, 4.69) is 16.0 Å². The van der Waals surface area contributed by atoms with E-state index in [4.69, 9.17) is 28.3 Å². The van der Waals surface area contributed by atoms with Crippen LogP contribution in [0.1, 0.15) is 6.92 Å². The highest BCUT2D eigenvalue weighted by atomic mass is 35.5. The molecular weight excluding hydrogens is 203 g/mol. The van der Waals surface area contributed by atoms with Crippen molar-refractivity contribution in [3.05, 3.63) is 11.2 Å². The third-order valence-electron chi connectivity index (χ3n) is 0.963. The normalized spacial score (nSPS) is 19.5. The Morgan fingerprint density at radius 1 is 1.75 bits per heavy atom. The molecular formula is C5H8Cl2N4O. The van der Waals surface area contributed by atoms with E-state index in [1.165, 1.54) is 13.0 Å². The molecule has 5 nitrogen and oxygen atoms in total. The van der Waals surface area contributed by atoms with Gasteiger partial charge in [-0.3, -0.25) is 5.43 Å². The fraction of sp³-hybridized carbons (Fsp3) is 0.400. The Kier molecular flexibility index (Phi) is 3.16. The largest absolute Gasteiger partial charge is 0.377 e. The van der Waals surface area contributed by atoms with Crippen molar-refractivity contribution in [2.24, 2.45) is 5.10 Å². The average molecular weight is 211 g/mol. The van der Waals surface area contributed by atoms with Gasteiger partial charge in [-0.1, -0.05) is 23.2 Å². The summed E-state index contributed by atoms with van der Waals surface area (Å²) in [4.78, 5) is 0. The summed E-state index contributed by atoms with van der Waals surface area (Å²) in [6.45, 7) is 1.54. The van der Waals surface area contributed by atoms with Gasteiger partial charge in [-0.05, 0) is 6.92 Å². The van der Waals surface area contributed by atoms with Crippen LogP contribution in [0, 0.1) is 0 Å². The Morgan fingerprint density at radius 2 is 2.42 bits per heavy atom. The molecule has 12 heavy (non-hydrogen) atoms. The maximum Gasteiger partial charge on any atom is 0.155 e. The molecule has 1 aliphatic heterocycles. The zero-order chi connectivity index (χ0) is 9.14. The summed E-state index contributed by atoms with van der Waals surface area (Å²) in [7, 11) is 0. The minimum Gasteiger partial charge on any atom is -0.377 e. The van der Waals surface area contributed by atoms with Crippen molar-refractivity contribution in [3.63, 3.8) is 0 Å². The van der Waals surface area contributed by atoms with Gasteiger partial charge >= 0.3 is 0 Å². The molecule has 1 heterocycles. The second-order valence-electron chi connectivity index (χ2n) is 2.14. The van der Waals surface area contributed by atoms with E-state index >= 15 is 0 Å². The van der Waals surface area contributed by atoms with Crippen LogP contribution in [0.3, 0.4) is 0 Å². The third-order valence-corrected chi connectivity index (χ3v) is 1.34. The molecule has 0 aromatic rings. The van der Waals surface area contributed by atoms with E-state index in [0.29, 0.717) is 5.16 Å². The number of nitrogens with one attached hydrogen (secondary N) is 2. The molecule has 0 aromatic heterocycles. The molecule has 68 valence electrons. The number of halogens is 2. The van der Waals surface area contributed by atoms with Gasteiger partial charge in [-0.25, -0.2) is 0 Å². The maximum absolute atomic E-state index is 8.91. The lowest BCUT2D eigenvalue weighted by molar-refractivity contribution is 0.0239. The summed E-state index contributed by atoms with van der Waals surface area (Å²) in [6.07, 6.45) is 0.705. The maximum atomic E-state index is 8.91. The zero-order valence-corrected chi connectivity index (χ0v) is 7.76. The van der Waals surface area contributed by atoms with Gasteiger partial charge in [0.15, 0.2) is 5.17 Å². The van der Waals surface area contributed by atoms with E-state index in [1.807, 2.05) is 0 Å². The fourth-order valence-electron chi connectivity index (χ4n) is 0.626. The minimum atomic E-state index is -0.742. The average Bonchev–Trinajstić information content (AvgIpc) is 1.81. The third kappa shape index (κ3) is 2.86. The second-order valence-corrected chi connectivity index (χ2v) is 2.94. The number of nitrogens with zero attached hydrogens (tertiary/aromatic N) is 2. The van der Waals surface area contributed by atoms with Crippen LogP contribution in [-0.2, 0) is 0 Å². The van der Waals surface area contributed by atoms with Gasteiger partial charge in [0.2, 0.25) is 0 Å². The Hall–Kier alpha value is -0.490. The Labute approximate surface area is 79.6 Å². The molecule has 1 aliphatic rings. The lowest BCUT2D eigenvalue weighted by atomic mass is 10.6. The monoisotopic (exact) mass is 210 g/mol. The molecule has 0 aliphatic carbocycles. The van der Waals surface area contributed by atoms with Crippen LogP contribution in [0.4, 0.5) is 0 Å². The summed E-state index contributed by atoms with van der Waals surface area (Å²) in [5, 5.41) is 14.3. The van der Waals surface area contributed by atoms with Crippen molar-refractivity contribution in [1.82, 2.24) is 16.1 Å². The number of allylic oxidation sites excluding steroid dienone is 1. The second kappa shape index (κ2) is 3.95. The lowest BCUT2D eigenvalue weighted by Gasteiger charge is -2.24. The number of hydrogen-bond donors (Lipinski definition) is 3. The van der Waals surface area contributed by atoms with Crippen molar-refractivity contribution >= 4 is 28.4 Å². The van der Waals surface area contributed by atoms with Gasteiger partial charge < -0.3 is 5.11 Å². The van der Waals surface area contributed by atoms with Gasteiger partial charge in [-0.2, -0.15) is 5.43 Å². The molecule has 0 bridgehead atoms. The number of rotatable bonds is 2. The lowest BCUT2D eigenvalue weighted by Crippen LogP contribution is -2.48. The summed E-state index contributed by atoms with van der Waals surface area (Å²) in [6, 6.07) is 0. The van der Waals surface area contributed by atoms with E-state index in [0.717, 1.165) is 5.23 Å². The molecule has 0 aromatic carbocycles. The highest BCUT2D eigenvalue weighted by Crippen LogP contribution is 2.06. The van der Waals surface area contributed by atoms with E-state index in [1.54, 1.807) is 0 Å². The smallest absolute Gasteiger partial charge is 0.155 e. The number of hydrazine groups is 2. The molecule has 1 rings (SSSR count). The van der Waals surface area contributed by atoms with Crippen LogP contribution in [0.5, 0.6) is 0 Å². The molecule has 3 N–H and O–H groups in total. The van der Waals surface area contributed by atoms with E-state index in [9.17, 15) is 0 Å². The van der Waals surface area contributed by atoms with Crippen LogP contribution in [0.25, 0.3) is 0 Å². The molecule has 0 spiro atoms. The van der Waals surface area contributed by atoms with Gasteiger partial charge in [0, 0.05) is 6.08 Å². The van der Waals surface area contributed by atoms with Crippen molar-refractivity contribution in [2.45, 2.75) is 13.2 Å². The first-order valence-electron chi connectivity index (χ1n) is 3.20.